The van der Waals surface area contributed by atoms with Crippen LogP contribution in [-0.2, 0) is 0 Å². The molecular formula is C45H24BN5O3. The van der Waals surface area contributed by atoms with Gasteiger partial charge in [-0.3, -0.25) is 13.9 Å². The molecule has 0 saturated carbocycles. The lowest BCUT2D eigenvalue weighted by Gasteiger charge is -2.38. The third-order valence-corrected chi connectivity index (χ3v) is 11.8. The van der Waals surface area contributed by atoms with Gasteiger partial charge in [0.2, 0.25) is 5.78 Å². The number of amidine groups is 1. The Morgan fingerprint density at radius 3 is 1.85 bits per heavy atom. The van der Waals surface area contributed by atoms with Crippen molar-refractivity contribution in [3.63, 3.8) is 0 Å². The summed E-state index contributed by atoms with van der Waals surface area (Å²) in [5.74, 6) is 6.60. The molecule has 5 aliphatic heterocycles. The highest BCUT2D eigenvalue weighted by Gasteiger charge is 2.48. The van der Waals surface area contributed by atoms with Crippen LogP contribution in [0.25, 0.3) is 33.5 Å². The summed E-state index contributed by atoms with van der Waals surface area (Å²) in [7, 11) is 0. The minimum absolute atomic E-state index is 0.0421. The SMILES string of the molecule is c1cc2c3c(c1)Oc1cc(N4C5=Nc6c(cccc6-n6c7ccccc7n7c8ccccc8nc67)C5c5ccccc54)cc4c1B3c1c(cccc1O4)O2. The maximum Gasteiger partial charge on any atom is 0.270 e. The summed E-state index contributed by atoms with van der Waals surface area (Å²) in [6.45, 7) is -0.0421. The maximum absolute atomic E-state index is 6.75. The van der Waals surface area contributed by atoms with E-state index in [4.69, 9.17) is 24.2 Å². The number of benzene rings is 7. The van der Waals surface area contributed by atoms with Crippen molar-refractivity contribution in [2.45, 2.75) is 5.92 Å². The minimum Gasteiger partial charge on any atom is -0.458 e. The van der Waals surface area contributed by atoms with Gasteiger partial charge < -0.3 is 14.2 Å². The monoisotopic (exact) mass is 693 g/mol. The fourth-order valence-corrected chi connectivity index (χ4v) is 9.74. The molecule has 0 bridgehead atoms. The molecule has 0 aliphatic carbocycles. The smallest absolute Gasteiger partial charge is 0.270 e. The predicted molar refractivity (Wildman–Crippen MR) is 211 cm³/mol. The van der Waals surface area contributed by atoms with E-state index in [1.807, 2.05) is 42.5 Å². The number of nitrogens with zero attached hydrogens (tertiary/aromatic N) is 5. The standard InChI is InChI=1S/C45H24BN5O3/c1-3-13-28-25(10-1)39-26-11-7-17-32(51-31-16-6-5-15-30(31)50-29-14-4-2-12-27(29)47-45(50)51)43(26)48-44(39)49(28)24-22-37-42-38(23-24)54-36-21-9-19-34-41(36)46(42)40-33(52-34)18-8-20-35(40)53-37/h1-23,39H. The molecule has 0 radical (unpaired) electrons. The molecule has 0 fully saturated rings. The predicted octanol–water partition coefficient (Wildman–Crippen LogP) is 8.59. The Labute approximate surface area is 307 Å². The highest BCUT2D eigenvalue weighted by Crippen LogP contribution is 2.55. The number of hydrogen-bond acceptors (Lipinski definition) is 6. The Morgan fingerprint density at radius 2 is 1.09 bits per heavy atom. The first-order chi connectivity index (χ1) is 26.8. The van der Waals surface area contributed by atoms with E-state index < -0.39 is 0 Å². The molecule has 14 rings (SSSR count). The molecule has 9 heteroatoms. The van der Waals surface area contributed by atoms with E-state index in [-0.39, 0.29) is 12.6 Å². The molecular weight excluding hydrogens is 669 g/mol. The zero-order valence-corrected chi connectivity index (χ0v) is 28.4. The number of imidazole rings is 2. The minimum atomic E-state index is -0.0518. The Bertz CT molecular complexity index is 3180. The molecule has 0 N–H and O–H groups in total. The Morgan fingerprint density at radius 1 is 0.519 bits per heavy atom. The summed E-state index contributed by atoms with van der Waals surface area (Å²) in [6, 6.07) is 48.5. The second-order valence-electron chi connectivity index (χ2n) is 14.5. The number of rotatable bonds is 2. The van der Waals surface area contributed by atoms with Crippen LogP contribution < -0.4 is 35.5 Å². The normalized spacial score (nSPS) is 16.1. The summed E-state index contributed by atoms with van der Waals surface area (Å²) < 4.78 is 24.4. The second-order valence-corrected chi connectivity index (χ2v) is 14.5. The lowest BCUT2D eigenvalue weighted by Crippen LogP contribution is -2.59. The van der Waals surface area contributed by atoms with E-state index >= 15 is 0 Å². The van der Waals surface area contributed by atoms with Crippen LogP contribution in [-0.4, -0.2) is 26.5 Å². The van der Waals surface area contributed by atoms with Crippen molar-refractivity contribution < 1.29 is 14.2 Å². The van der Waals surface area contributed by atoms with Crippen LogP contribution in [0.15, 0.2) is 145 Å². The van der Waals surface area contributed by atoms with Crippen molar-refractivity contribution >= 4 is 73.8 Å². The first kappa shape index (κ1) is 27.4. The zero-order valence-electron chi connectivity index (χ0n) is 28.4. The first-order valence-corrected chi connectivity index (χ1v) is 18.2. The highest BCUT2D eigenvalue weighted by atomic mass is 16.5. The van der Waals surface area contributed by atoms with Gasteiger partial charge in [0, 0.05) is 28.5 Å². The van der Waals surface area contributed by atoms with E-state index in [0.717, 1.165) is 107 Å². The molecule has 7 heterocycles. The lowest BCUT2D eigenvalue weighted by atomic mass is 9.34. The van der Waals surface area contributed by atoms with Crippen LogP contribution in [0.2, 0.25) is 0 Å². The molecule has 0 amide bonds. The van der Waals surface area contributed by atoms with Crippen LogP contribution in [0.5, 0.6) is 34.5 Å². The Balaban J connectivity index is 0.990. The molecule has 9 aromatic rings. The van der Waals surface area contributed by atoms with Crippen LogP contribution in [0, 0.1) is 0 Å². The quantitative estimate of drug-likeness (QED) is 0.170. The van der Waals surface area contributed by atoms with Crippen molar-refractivity contribution in [2.75, 3.05) is 4.90 Å². The third kappa shape index (κ3) is 3.19. The molecule has 8 nitrogen and oxygen atoms in total. The van der Waals surface area contributed by atoms with E-state index in [0.29, 0.717) is 0 Å². The van der Waals surface area contributed by atoms with Crippen LogP contribution >= 0.6 is 0 Å². The number of aromatic nitrogens is 3. The van der Waals surface area contributed by atoms with E-state index in [2.05, 4.69) is 111 Å². The lowest BCUT2D eigenvalue weighted by molar-refractivity contribution is 0.443. The maximum atomic E-state index is 6.75. The van der Waals surface area contributed by atoms with Gasteiger partial charge in [-0.1, -0.05) is 66.7 Å². The van der Waals surface area contributed by atoms with Crippen LogP contribution in [0.3, 0.4) is 0 Å². The largest absolute Gasteiger partial charge is 0.458 e. The number of aliphatic imine (C=N–C) groups is 1. The summed E-state index contributed by atoms with van der Waals surface area (Å²) in [6.07, 6.45) is 0. The van der Waals surface area contributed by atoms with Gasteiger partial charge >= 0.3 is 0 Å². The average Bonchev–Trinajstić information content (AvgIpc) is 3.94. The van der Waals surface area contributed by atoms with Gasteiger partial charge in [-0.25, -0.2) is 9.98 Å². The number of para-hydroxylation sites is 6. The van der Waals surface area contributed by atoms with Gasteiger partial charge in [0.15, 0.2) is 0 Å². The molecule has 0 saturated heterocycles. The molecule has 250 valence electrons. The fraction of sp³-hybridized carbons (Fsp3) is 0.0222. The number of fused-ring (bicyclic) bond motifs is 10. The average molecular weight is 694 g/mol. The fourth-order valence-electron chi connectivity index (χ4n) is 9.74. The van der Waals surface area contributed by atoms with E-state index in [1.54, 1.807) is 0 Å². The van der Waals surface area contributed by atoms with Crippen molar-refractivity contribution in [3.8, 4) is 40.2 Å². The van der Waals surface area contributed by atoms with Crippen LogP contribution in [0.1, 0.15) is 17.0 Å². The number of hydrogen-bond donors (Lipinski definition) is 0. The van der Waals surface area contributed by atoms with E-state index in [9.17, 15) is 0 Å². The van der Waals surface area contributed by atoms with E-state index in [1.165, 1.54) is 11.1 Å². The van der Waals surface area contributed by atoms with Crippen LogP contribution in [0.4, 0.5) is 17.1 Å². The molecule has 2 aromatic heterocycles. The number of ether oxygens (including phenoxy) is 3. The highest BCUT2D eigenvalue weighted by molar-refractivity contribution is 6.99. The molecule has 0 spiro atoms. The zero-order chi connectivity index (χ0) is 34.8. The molecule has 1 unspecified atom stereocenters. The van der Waals surface area contributed by atoms with Gasteiger partial charge in [0.05, 0.1) is 50.7 Å². The molecule has 54 heavy (non-hydrogen) atoms. The third-order valence-electron chi connectivity index (χ3n) is 11.8. The van der Waals surface area contributed by atoms with Gasteiger partial charge in [0.25, 0.3) is 6.71 Å². The molecule has 1 atom stereocenters. The van der Waals surface area contributed by atoms with Crippen molar-refractivity contribution in [1.29, 1.82) is 0 Å². The topological polar surface area (TPSA) is 65.5 Å². The van der Waals surface area contributed by atoms with Crippen molar-refractivity contribution in [1.82, 2.24) is 14.0 Å². The van der Waals surface area contributed by atoms with Gasteiger partial charge in [-0.15, -0.1) is 0 Å². The Hall–Kier alpha value is -7.26. The summed E-state index contributed by atoms with van der Waals surface area (Å²) in [5, 5.41) is 0. The van der Waals surface area contributed by atoms with Gasteiger partial charge in [0.1, 0.15) is 40.3 Å². The summed E-state index contributed by atoms with van der Waals surface area (Å²) in [4.78, 5) is 13.0. The second kappa shape index (κ2) is 9.39. The molecule has 7 aromatic carbocycles. The van der Waals surface area contributed by atoms with Crippen molar-refractivity contribution in [3.05, 3.63) is 151 Å². The summed E-state index contributed by atoms with van der Waals surface area (Å²) in [5.41, 5.74) is 13.7. The summed E-state index contributed by atoms with van der Waals surface area (Å²) >= 11 is 0. The Kier molecular flexibility index (Phi) is 4.77. The van der Waals surface area contributed by atoms with Gasteiger partial charge in [-0.05, 0) is 71.8 Å². The van der Waals surface area contributed by atoms with Gasteiger partial charge in [-0.2, -0.15) is 0 Å². The first-order valence-electron chi connectivity index (χ1n) is 18.2. The molecule has 5 aliphatic rings. The number of anilines is 2. The van der Waals surface area contributed by atoms with Crippen molar-refractivity contribution in [2.24, 2.45) is 4.99 Å².